The molecule has 1 aromatic heterocycles. The average Bonchev–Trinajstić information content (AvgIpc) is 1.88. The number of carboxylic acid groups (broad SMARTS) is 2. The van der Waals surface area contributed by atoms with Gasteiger partial charge in [-0.25, -0.2) is 9.78 Å². The normalized spacial score (nSPS) is 12.1. The second-order valence-corrected chi connectivity index (χ2v) is 29.1. The molecule has 0 aliphatic carbocycles. The fourth-order valence-corrected chi connectivity index (χ4v) is 12.4. The number of thiazole rings is 1. The molecule has 0 spiro atoms. The summed E-state index contributed by atoms with van der Waals surface area (Å²) >= 11 is 2.72. The third-order valence-corrected chi connectivity index (χ3v) is 19.3. The standard InChI is InChI=1S/C21H24N4O2S.C16H16N2O4.C16H18N2O3.C16H20N2O.C8H10N2O2.C8H8O3.C5H8N2O2S.6CH4/c22-21-25-18(14-28-21)12-20(27)24-17-8-6-15(7-9-17)10-11-23-13-19(26)16-4-2-1-3-5-16;19-15(13-4-2-1-3-5-13)16(20)17-11-10-12-6-8-14(9-7-12)18(21)22;19-16(14-4-2-1-3-5-14)12-17-11-10-13-6-8-15(9-7-13)18(20)21;17-15-8-6-13(7-9-15)10-11-18-12-16(19)14-4-2-1-3-5-14;9-6-5-7-1-3-8(4-2-7)10(11)12;9-7(8(10)11)6-4-2-1-3-5-6;6-5-7-3(2-10-5)1-4(8)9;;;;;;/h1-9,14,19,23,26H,10-13H2,(H2,22,25)(H,24,27);1-9,15,19H,10-11H2,(H,17,20);1-9,16-17,19H,10-12H2;1-9,16,18-19H,10-12,17H2;1-4H,5-6,9H2;1-5,7,9H,(H,10,11);2,5,7H,1,6H2,(H,8,9);6*1H4/t19-;15-;2*16-;;7-;;;;;;;/m0100.1......./s1. The van der Waals surface area contributed by atoms with Crippen molar-refractivity contribution in [3.63, 3.8) is 0 Å². The van der Waals surface area contributed by atoms with Crippen molar-refractivity contribution in [1.29, 1.82) is 0 Å². The van der Waals surface area contributed by atoms with Gasteiger partial charge < -0.3 is 90.6 Å². The van der Waals surface area contributed by atoms with Crippen molar-refractivity contribution < 1.29 is 69.7 Å². The molecule has 21 N–H and O–H groups in total. The van der Waals surface area contributed by atoms with Crippen molar-refractivity contribution in [2.24, 2.45) is 11.5 Å². The molecule has 129 heavy (non-hydrogen) atoms. The maximum Gasteiger partial charge on any atom is 0.337 e. The van der Waals surface area contributed by atoms with Crippen molar-refractivity contribution in [2.75, 3.05) is 69.1 Å². The Morgan fingerprint density at radius 1 is 0.434 bits per heavy atom. The van der Waals surface area contributed by atoms with Crippen LogP contribution in [-0.2, 0) is 57.7 Å². The summed E-state index contributed by atoms with van der Waals surface area (Å²) in [7, 11) is 0. The van der Waals surface area contributed by atoms with Crippen LogP contribution in [0.4, 0.5) is 33.6 Å². The number of nitro groups is 3. The molecule has 0 fully saturated rings. The maximum atomic E-state index is 12.0. The van der Waals surface area contributed by atoms with Gasteiger partial charge in [0.05, 0.1) is 51.6 Å². The summed E-state index contributed by atoms with van der Waals surface area (Å²) in [6.45, 7) is 4.80. The van der Waals surface area contributed by atoms with Gasteiger partial charge in [-0.05, 0) is 144 Å². The highest BCUT2D eigenvalue weighted by Crippen LogP contribution is 2.22. The second kappa shape index (κ2) is 65.5. The van der Waals surface area contributed by atoms with E-state index in [4.69, 9.17) is 38.3 Å². The molecule has 1 unspecified atom stereocenters. The van der Waals surface area contributed by atoms with Gasteiger partial charge in [-0.2, -0.15) is 0 Å². The molecule has 11 aromatic rings. The zero-order chi connectivity index (χ0) is 89.1. The van der Waals surface area contributed by atoms with E-state index in [0.717, 1.165) is 89.1 Å². The predicted octanol–water partition coefficient (Wildman–Crippen LogP) is 15.0. The van der Waals surface area contributed by atoms with Crippen molar-refractivity contribution in [3.05, 3.63) is 381 Å². The summed E-state index contributed by atoms with van der Waals surface area (Å²) in [5.74, 6) is -2.65. The van der Waals surface area contributed by atoms with Crippen molar-refractivity contribution in [1.82, 2.24) is 31.6 Å². The summed E-state index contributed by atoms with van der Waals surface area (Å²) in [5.41, 5.74) is 34.0. The Morgan fingerprint density at radius 3 is 1.07 bits per heavy atom. The molecule has 0 bridgehead atoms. The molecule has 0 saturated carbocycles. The van der Waals surface area contributed by atoms with Gasteiger partial charge in [0.15, 0.2) is 17.3 Å². The van der Waals surface area contributed by atoms with Gasteiger partial charge >= 0.3 is 11.9 Å². The number of benzene rings is 10. The SMILES string of the molecule is C.C.C.C.C.C.NC1NC(CC(=O)O)=CS1.NCCc1ccc([N+](=O)[O-])cc1.Nc1ccc(CCNC[C@H](O)c2ccccc2)cc1.Nc1nc(CC(=O)Nc2ccc(CCNC[C@H](O)c3ccccc3)cc2)cs1.O=C(NCCc1ccc([N+](=O)[O-])cc1)[C@H](O)c1ccccc1.O=C(O)[C@H](O)c1ccccc1.O=[N+]([O-])c1ccc(CCNC[C@H](O)c2ccccc2)cc1. The lowest BCUT2D eigenvalue weighted by molar-refractivity contribution is -0.385. The molecule has 10 aromatic carbocycles. The Bertz CT molecular complexity index is 4950. The summed E-state index contributed by atoms with van der Waals surface area (Å²) in [6.07, 6.45) is -0.0147. The van der Waals surface area contributed by atoms with Crippen LogP contribution in [0.2, 0.25) is 0 Å². The highest BCUT2D eigenvalue weighted by atomic mass is 32.2. The Labute approximate surface area is 764 Å². The first kappa shape index (κ1) is 116. The molecule has 2 amide bonds. The van der Waals surface area contributed by atoms with E-state index in [1.165, 1.54) is 65.1 Å². The molecule has 1 aliphatic rings. The molecule has 0 saturated heterocycles. The van der Waals surface area contributed by atoms with Crippen molar-refractivity contribution in [2.45, 2.75) is 126 Å². The smallest absolute Gasteiger partial charge is 0.337 e. The number of aliphatic carboxylic acids is 2. The van der Waals surface area contributed by atoms with Crippen LogP contribution in [0.5, 0.6) is 0 Å². The number of anilines is 3. The van der Waals surface area contributed by atoms with Gasteiger partial charge in [0, 0.05) is 85.0 Å². The van der Waals surface area contributed by atoms with E-state index in [2.05, 4.69) is 36.9 Å². The predicted molar refractivity (Wildman–Crippen MR) is 519 cm³/mol. The van der Waals surface area contributed by atoms with Crippen molar-refractivity contribution >= 4 is 80.4 Å². The number of nitro benzene ring substituents is 3. The summed E-state index contributed by atoms with van der Waals surface area (Å²) in [6, 6.07) is 80.5. The largest absolute Gasteiger partial charge is 0.481 e. The van der Waals surface area contributed by atoms with Crippen LogP contribution in [0.3, 0.4) is 0 Å². The second-order valence-electron chi connectivity index (χ2n) is 27.2. The molecule has 33 heteroatoms. The molecule has 1 aliphatic heterocycles. The number of hydrogen-bond donors (Lipinski definition) is 17. The van der Waals surface area contributed by atoms with E-state index < -0.39 is 63.1 Å². The Kier molecular flexibility index (Phi) is 58.9. The highest BCUT2D eigenvalue weighted by molar-refractivity contribution is 8.02. The third kappa shape index (κ3) is 46.9. The fourth-order valence-electron chi connectivity index (χ4n) is 11.2. The topological polar surface area (TPSA) is 528 Å². The Hall–Kier alpha value is -13.0. The van der Waals surface area contributed by atoms with Crippen LogP contribution in [-0.4, -0.2) is 137 Å². The number of thioether (sulfide) groups is 1. The fraction of sp³-hybridized carbons (Fsp3) is 0.281. The van der Waals surface area contributed by atoms with E-state index in [9.17, 15) is 69.9 Å². The number of rotatable bonds is 35. The number of carbonyl (C=O) groups is 4. The number of nitrogen functional groups attached to an aromatic ring is 2. The van der Waals surface area contributed by atoms with Gasteiger partial charge in [-0.15, -0.1) is 11.3 Å². The molecule has 696 valence electrons. The van der Waals surface area contributed by atoms with E-state index in [0.29, 0.717) is 73.3 Å². The number of hydrogen-bond acceptors (Lipinski definition) is 26. The minimum atomic E-state index is -1.41. The number of carboxylic acids is 2. The number of nitrogens with zero attached hydrogens (tertiary/aromatic N) is 4. The zero-order valence-corrected chi connectivity index (χ0v) is 69.0. The minimum Gasteiger partial charge on any atom is -0.481 e. The first-order valence-corrected chi connectivity index (χ1v) is 40.7. The van der Waals surface area contributed by atoms with Crippen LogP contribution >= 0.6 is 23.1 Å². The van der Waals surface area contributed by atoms with E-state index in [-0.39, 0.29) is 85.9 Å². The average molecular weight is 1810 g/mol. The van der Waals surface area contributed by atoms with Gasteiger partial charge in [-0.3, -0.25) is 44.7 Å². The molecule has 31 nitrogen and oxygen atoms in total. The lowest BCUT2D eigenvalue weighted by atomic mass is 10.1. The lowest BCUT2D eigenvalue weighted by Gasteiger charge is -2.12. The Balaban J connectivity index is 0.00000151. The molecule has 6 atom stereocenters. The number of nitrogens with one attached hydrogen (secondary N) is 6. The number of aliphatic hydroxyl groups is 5. The number of aliphatic hydroxyl groups excluding tert-OH is 5. The number of amides is 2. The quantitative estimate of drug-likeness (QED) is 0.00759. The summed E-state index contributed by atoms with van der Waals surface area (Å²) < 4.78 is 0. The van der Waals surface area contributed by atoms with Crippen LogP contribution in [0.1, 0.15) is 143 Å². The first-order valence-electron chi connectivity index (χ1n) is 38.9. The molecular weight excluding hydrogens is 1690 g/mol. The third-order valence-electron chi connectivity index (χ3n) is 17.8. The summed E-state index contributed by atoms with van der Waals surface area (Å²) in [4.78, 5) is 78.4. The number of nitrogens with two attached hydrogens (primary N) is 4. The number of aromatic nitrogens is 1. The highest BCUT2D eigenvalue weighted by Gasteiger charge is 2.19. The van der Waals surface area contributed by atoms with Crippen LogP contribution in [0, 0.1) is 30.3 Å². The van der Waals surface area contributed by atoms with E-state index in [1.807, 2.05) is 146 Å². The van der Waals surface area contributed by atoms with Gasteiger partial charge in [0.2, 0.25) is 5.91 Å². The van der Waals surface area contributed by atoms with E-state index >= 15 is 0 Å². The molecule has 2 heterocycles. The first-order chi connectivity index (χ1) is 59.2. The molecule has 0 radical (unpaired) electrons. The maximum absolute atomic E-state index is 12.0. The Morgan fingerprint density at radius 2 is 0.760 bits per heavy atom. The van der Waals surface area contributed by atoms with Crippen LogP contribution in [0.15, 0.2) is 289 Å². The van der Waals surface area contributed by atoms with Crippen LogP contribution in [0.25, 0.3) is 0 Å². The lowest BCUT2D eigenvalue weighted by Crippen LogP contribution is -2.30. The minimum absolute atomic E-state index is 0. The molecule has 12 rings (SSSR count). The summed E-state index contributed by atoms with van der Waals surface area (Å²) in [5, 5.41) is 119. The van der Waals surface area contributed by atoms with Crippen LogP contribution < -0.4 is 54.8 Å². The number of non-ortho nitro benzene ring substituents is 3. The zero-order valence-electron chi connectivity index (χ0n) is 67.3. The molecular formula is C96H128N14O17S2. The van der Waals surface area contributed by atoms with Gasteiger partial charge in [0.25, 0.3) is 23.0 Å². The number of carbonyl (C=O) groups excluding carboxylic acids is 2. The van der Waals surface area contributed by atoms with Crippen molar-refractivity contribution in [3.8, 4) is 0 Å². The van der Waals surface area contributed by atoms with E-state index in [1.54, 1.807) is 102 Å². The van der Waals surface area contributed by atoms with Gasteiger partial charge in [-0.1, -0.05) is 269 Å². The monoisotopic (exact) mass is 1810 g/mol. The van der Waals surface area contributed by atoms with Gasteiger partial charge in [0.1, 0.15) is 5.50 Å².